The summed E-state index contributed by atoms with van der Waals surface area (Å²) in [6.45, 7) is 4.53. The van der Waals surface area contributed by atoms with Crippen LogP contribution in [0.1, 0.15) is 284 Å². The number of carboxylic acid groups (broad SMARTS) is 1. The molecule has 0 fully saturated rings. The number of hydrogen-bond acceptors (Lipinski definition) is 8. The molecule has 0 aromatic rings. The molecule has 0 bridgehead atoms. The van der Waals surface area contributed by atoms with E-state index in [1.165, 1.54) is 148 Å². The van der Waals surface area contributed by atoms with Gasteiger partial charge in [-0.25, -0.2) is 0 Å². The molecule has 0 saturated carbocycles. The predicted octanol–water partition coefficient (Wildman–Crippen LogP) is 19.7. The topological polar surface area (TPSA) is 111 Å². The van der Waals surface area contributed by atoms with E-state index in [1.807, 2.05) is 21.1 Å². The Kier molecular flexibility index (Phi) is 60.8. The molecule has 2 unspecified atom stereocenters. The van der Waals surface area contributed by atoms with Crippen LogP contribution in [0.25, 0.3) is 0 Å². The molecule has 9 heteroatoms. The van der Waals surface area contributed by atoms with Crippen LogP contribution in [0, 0.1) is 0 Å². The first kappa shape index (κ1) is 79.0. The summed E-state index contributed by atoms with van der Waals surface area (Å²) >= 11 is 0. The maximum atomic E-state index is 12.9. The van der Waals surface area contributed by atoms with E-state index < -0.39 is 24.3 Å². The van der Waals surface area contributed by atoms with Crippen molar-refractivity contribution in [1.29, 1.82) is 0 Å². The summed E-state index contributed by atoms with van der Waals surface area (Å²) in [7, 11) is 5.93. The SMILES string of the molecule is CC/C=C\C/C=C\C/C=C\C/C=C\C/C=C\CCCCCCCCCCCC(=O)OC(COC(=O)CCCCCCCCCCCCCCCCCCCCCC/C=C\C/C=C\C/C=C\C/C=C\CC)COC(OCC[N+](C)(C)C)C(=O)[O-]. The van der Waals surface area contributed by atoms with E-state index in [2.05, 4.69) is 123 Å². The zero-order valence-corrected chi connectivity index (χ0v) is 54.3. The van der Waals surface area contributed by atoms with Crippen molar-refractivity contribution in [1.82, 2.24) is 0 Å². The first-order valence-corrected chi connectivity index (χ1v) is 34.0. The predicted molar refractivity (Wildman–Crippen MR) is 352 cm³/mol. The van der Waals surface area contributed by atoms with Crippen molar-refractivity contribution in [3.05, 3.63) is 109 Å². The molecule has 0 saturated heterocycles. The van der Waals surface area contributed by atoms with E-state index >= 15 is 0 Å². The van der Waals surface area contributed by atoms with E-state index in [9.17, 15) is 19.5 Å². The molecule has 476 valence electrons. The molecule has 0 rings (SSSR count). The minimum Gasteiger partial charge on any atom is -0.545 e. The van der Waals surface area contributed by atoms with E-state index in [0.717, 1.165) is 103 Å². The molecular formula is C74H127NO8. The van der Waals surface area contributed by atoms with Gasteiger partial charge in [0.1, 0.15) is 13.2 Å². The molecule has 0 aliphatic heterocycles. The summed E-state index contributed by atoms with van der Waals surface area (Å²) in [6, 6.07) is 0. The molecule has 0 N–H and O–H groups in total. The maximum Gasteiger partial charge on any atom is 0.306 e. The lowest BCUT2D eigenvalue weighted by atomic mass is 10.0. The van der Waals surface area contributed by atoms with Gasteiger partial charge in [-0.1, -0.05) is 284 Å². The Balaban J connectivity index is 4.11. The third kappa shape index (κ3) is 65.3. The highest BCUT2D eigenvalue weighted by molar-refractivity contribution is 5.70. The van der Waals surface area contributed by atoms with Crippen LogP contribution in [0.4, 0.5) is 0 Å². The summed E-state index contributed by atoms with van der Waals surface area (Å²) < 4.78 is 22.8. The van der Waals surface area contributed by atoms with E-state index in [4.69, 9.17) is 18.9 Å². The van der Waals surface area contributed by atoms with E-state index in [0.29, 0.717) is 17.4 Å². The quantitative estimate of drug-likeness (QED) is 0.0195. The number of nitrogens with zero attached hydrogens (tertiary/aromatic N) is 1. The van der Waals surface area contributed by atoms with Crippen LogP contribution in [0.5, 0.6) is 0 Å². The molecule has 0 aromatic carbocycles. The Hall–Kier alpha value is -4.05. The zero-order chi connectivity index (χ0) is 60.5. The fourth-order valence-corrected chi connectivity index (χ4v) is 9.38. The van der Waals surface area contributed by atoms with Crippen LogP contribution in [-0.2, 0) is 33.3 Å². The summed E-state index contributed by atoms with van der Waals surface area (Å²) in [5.41, 5.74) is 0. The number of esters is 2. The minimum atomic E-state index is -1.63. The van der Waals surface area contributed by atoms with Crippen molar-refractivity contribution >= 4 is 17.9 Å². The smallest absolute Gasteiger partial charge is 0.306 e. The Bertz CT molecular complexity index is 1730. The first-order valence-electron chi connectivity index (χ1n) is 34.0. The molecular weight excluding hydrogens is 1030 g/mol. The summed E-state index contributed by atoms with van der Waals surface area (Å²) in [4.78, 5) is 37.5. The molecule has 0 heterocycles. The van der Waals surface area contributed by atoms with Crippen molar-refractivity contribution in [3.8, 4) is 0 Å². The number of quaternary nitrogens is 1. The van der Waals surface area contributed by atoms with Gasteiger partial charge in [0.25, 0.3) is 0 Å². The number of carbonyl (C=O) groups is 3. The largest absolute Gasteiger partial charge is 0.545 e. The van der Waals surface area contributed by atoms with Gasteiger partial charge in [-0.15, -0.1) is 0 Å². The van der Waals surface area contributed by atoms with Gasteiger partial charge in [0.2, 0.25) is 0 Å². The van der Waals surface area contributed by atoms with Crippen molar-refractivity contribution < 1.29 is 42.9 Å². The number of carbonyl (C=O) groups excluding carboxylic acids is 3. The number of unbranched alkanes of at least 4 members (excludes halogenated alkanes) is 29. The molecule has 0 radical (unpaired) electrons. The second-order valence-corrected chi connectivity index (χ2v) is 23.7. The standard InChI is InChI=1S/C74H127NO8/c1-6-8-10-12-14-16-18-20-22-24-26-28-30-32-33-34-35-36-37-38-39-41-42-44-46-48-50-52-54-56-58-60-62-64-71(76)81-68-70(69-82-74(73(78)79)80-67-66-75(3,4)5)83-72(77)65-63-61-59-57-55-53-51-49-47-45-43-40-31-29-27-25-23-21-19-17-15-13-11-9-7-2/h8-11,14-17,20-23,26-29,40,43,70,74H,6-7,12-13,18-19,24-25,30-39,41-42,44-69H2,1-5H3/b10-8-,11-9-,16-14-,17-15-,22-20-,23-21-,28-26-,29-27-,43-40-. The number of aliphatic carboxylic acids is 1. The Morgan fingerprint density at radius 3 is 0.964 bits per heavy atom. The third-order valence-electron chi connectivity index (χ3n) is 14.5. The van der Waals surface area contributed by atoms with Gasteiger partial charge in [0.05, 0.1) is 40.3 Å². The van der Waals surface area contributed by atoms with Crippen LogP contribution in [0.3, 0.4) is 0 Å². The molecule has 83 heavy (non-hydrogen) atoms. The lowest BCUT2D eigenvalue weighted by Gasteiger charge is -2.26. The summed E-state index contributed by atoms with van der Waals surface area (Å²) in [5.74, 6) is -2.29. The monoisotopic (exact) mass is 1160 g/mol. The van der Waals surface area contributed by atoms with Crippen LogP contribution in [0.15, 0.2) is 109 Å². The zero-order valence-electron chi connectivity index (χ0n) is 54.3. The highest BCUT2D eigenvalue weighted by Crippen LogP contribution is 2.17. The normalized spacial score (nSPS) is 13.4. The number of likely N-dealkylation sites (N-methyl/N-ethyl adjacent to an activating group) is 1. The fourth-order valence-electron chi connectivity index (χ4n) is 9.38. The summed E-state index contributed by atoms with van der Waals surface area (Å²) in [5, 5.41) is 11.8. The Morgan fingerprint density at radius 1 is 0.361 bits per heavy atom. The minimum absolute atomic E-state index is 0.143. The Morgan fingerprint density at radius 2 is 0.651 bits per heavy atom. The second kappa shape index (κ2) is 64.0. The van der Waals surface area contributed by atoms with Crippen molar-refractivity contribution in [2.45, 2.75) is 296 Å². The Labute approximate surface area is 511 Å². The van der Waals surface area contributed by atoms with E-state index in [-0.39, 0.29) is 38.6 Å². The van der Waals surface area contributed by atoms with Gasteiger partial charge >= 0.3 is 11.9 Å². The van der Waals surface area contributed by atoms with Crippen molar-refractivity contribution in [3.63, 3.8) is 0 Å². The lowest BCUT2D eigenvalue weighted by molar-refractivity contribution is -0.870. The average Bonchev–Trinajstić information content (AvgIpc) is 3.46. The van der Waals surface area contributed by atoms with Gasteiger partial charge in [-0.3, -0.25) is 9.59 Å². The summed E-state index contributed by atoms with van der Waals surface area (Å²) in [6.07, 6.45) is 85.9. The molecule has 9 nitrogen and oxygen atoms in total. The highest BCUT2D eigenvalue weighted by atomic mass is 16.7. The van der Waals surface area contributed by atoms with Crippen LogP contribution < -0.4 is 5.11 Å². The van der Waals surface area contributed by atoms with Crippen molar-refractivity contribution in [2.75, 3.05) is 47.5 Å². The van der Waals surface area contributed by atoms with Gasteiger partial charge in [-0.2, -0.15) is 0 Å². The third-order valence-corrected chi connectivity index (χ3v) is 14.5. The van der Waals surface area contributed by atoms with Crippen molar-refractivity contribution in [2.24, 2.45) is 0 Å². The number of carboxylic acids is 1. The second-order valence-electron chi connectivity index (χ2n) is 23.7. The van der Waals surface area contributed by atoms with E-state index in [1.54, 1.807) is 0 Å². The fraction of sp³-hybridized carbons (Fsp3) is 0.716. The van der Waals surface area contributed by atoms with Gasteiger partial charge in [-0.05, 0) is 96.3 Å². The molecule has 0 amide bonds. The van der Waals surface area contributed by atoms with Gasteiger partial charge in [0, 0.05) is 12.8 Å². The lowest BCUT2D eigenvalue weighted by Crippen LogP contribution is -2.44. The molecule has 0 aromatic heterocycles. The molecule has 2 atom stereocenters. The molecule has 0 spiro atoms. The van der Waals surface area contributed by atoms with Gasteiger partial charge < -0.3 is 33.3 Å². The van der Waals surface area contributed by atoms with Crippen LogP contribution in [-0.4, -0.2) is 82.3 Å². The highest BCUT2D eigenvalue weighted by Gasteiger charge is 2.22. The molecule has 0 aliphatic rings. The first-order chi connectivity index (χ1) is 40.6. The number of hydrogen-bond donors (Lipinski definition) is 0. The number of rotatable bonds is 62. The van der Waals surface area contributed by atoms with Crippen LogP contribution >= 0.6 is 0 Å². The number of allylic oxidation sites excluding steroid dienone is 18. The number of ether oxygens (including phenoxy) is 4. The molecule has 0 aliphatic carbocycles. The average molecular weight is 1160 g/mol. The van der Waals surface area contributed by atoms with Crippen LogP contribution in [0.2, 0.25) is 0 Å². The van der Waals surface area contributed by atoms with Gasteiger partial charge in [0.15, 0.2) is 12.4 Å². The maximum absolute atomic E-state index is 12.9.